The molecule has 4 rings (SSSR count). The van der Waals surface area contributed by atoms with Gasteiger partial charge in [-0.3, -0.25) is 4.79 Å². The van der Waals surface area contributed by atoms with Crippen molar-refractivity contribution in [3.63, 3.8) is 0 Å². The number of anilines is 1. The van der Waals surface area contributed by atoms with E-state index < -0.39 is 5.91 Å². The maximum atomic E-state index is 13.1. The second-order valence-corrected chi connectivity index (χ2v) is 7.35. The molecule has 30 heavy (non-hydrogen) atoms. The molecule has 0 saturated carbocycles. The van der Waals surface area contributed by atoms with E-state index >= 15 is 0 Å². The Morgan fingerprint density at radius 3 is 2.47 bits per heavy atom. The number of aromatic nitrogens is 3. The van der Waals surface area contributed by atoms with Gasteiger partial charge in [0.25, 0.3) is 5.91 Å². The van der Waals surface area contributed by atoms with Crippen LogP contribution < -0.4 is 5.32 Å². The minimum absolute atomic E-state index is 0.00692. The number of carbonyl (C=O) groups is 1. The zero-order valence-electron chi connectivity index (χ0n) is 16.4. The van der Waals surface area contributed by atoms with E-state index in [1.54, 1.807) is 16.8 Å². The molecule has 1 heterocycles. The maximum Gasteiger partial charge on any atom is 0.295 e. The Hall–Kier alpha value is -3.51. The highest BCUT2D eigenvalue weighted by atomic mass is 35.5. The van der Waals surface area contributed by atoms with Crippen LogP contribution in [0, 0.1) is 19.7 Å². The van der Waals surface area contributed by atoms with Crippen molar-refractivity contribution in [3.8, 4) is 17.1 Å². The molecule has 0 bridgehead atoms. The van der Waals surface area contributed by atoms with Gasteiger partial charge < -0.3 is 5.32 Å². The summed E-state index contributed by atoms with van der Waals surface area (Å²) in [6, 6.07) is 18.6. The lowest BCUT2D eigenvalue weighted by molar-refractivity contribution is 0.101. The number of hydrogen-bond acceptors (Lipinski definition) is 3. The average molecular weight is 421 g/mol. The standard InChI is InChI=1S/C23H18ClFN4O/c1-14-6-11-20(12-15(14)2)29-22(16-4-3-5-17(24)13-16)27-21(28-29)23(30)26-19-9-7-18(25)8-10-19/h3-13H,1-2H3,(H,26,30). The third kappa shape index (κ3) is 4.09. The smallest absolute Gasteiger partial charge is 0.295 e. The molecule has 1 aromatic heterocycles. The van der Waals surface area contributed by atoms with Gasteiger partial charge in [-0.05, 0) is 73.5 Å². The van der Waals surface area contributed by atoms with Crippen LogP contribution in [0.3, 0.4) is 0 Å². The van der Waals surface area contributed by atoms with Gasteiger partial charge in [-0.2, -0.15) is 0 Å². The lowest BCUT2D eigenvalue weighted by Crippen LogP contribution is -2.14. The fourth-order valence-corrected chi connectivity index (χ4v) is 3.17. The first-order valence-corrected chi connectivity index (χ1v) is 9.66. The van der Waals surface area contributed by atoms with E-state index in [9.17, 15) is 9.18 Å². The number of rotatable bonds is 4. The van der Waals surface area contributed by atoms with Crippen molar-refractivity contribution in [1.29, 1.82) is 0 Å². The average Bonchev–Trinajstić information content (AvgIpc) is 3.17. The predicted molar refractivity (Wildman–Crippen MR) is 116 cm³/mol. The summed E-state index contributed by atoms with van der Waals surface area (Å²) >= 11 is 6.16. The summed E-state index contributed by atoms with van der Waals surface area (Å²) in [7, 11) is 0. The molecule has 3 aromatic carbocycles. The van der Waals surface area contributed by atoms with Gasteiger partial charge in [-0.1, -0.05) is 29.8 Å². The van der Waals surface area contributed by atoms with Crippen molar-refractivity contribution in [3.05, 3.63) is 94.5 Å². The van der Waals surface area contributed by atoms with E-state index in [2.05, 4.69) is 15.4 Å². The molecule has 0 fully saturated rings. The van der Waals surface area contributed by atoms with Gasteiger partial charge in [-0.15, -0.1) is 5.10 Å². The van der Waals surface area contributed by atoms with Crippen molar-refractivity contribution in [1.82, 2.24) is 14.8 Å². The molecule has 5 nitrogen and oxygen atoms in total. The van der Waals surface area contributed by atoms with Crippen LogP contribution in [0.2, 0.25) is 5.02 Å². The fraction of sp³-hybridized carbons (Fsp3) is 0.0870. The molecule has 0 unspecified atom stereocenters. The SMILES string of the molecule is Cc1ccc(-n2nc(C(=O)Nc3ccc(F)cc3)nc2-c2cccc(Cl)c2)cc1C. The predicted octanol–water partition coefficient (Wildman–Crippen LogP) is 5.60. The summed E-state index contributed by atoms with van der Waals surface area (Å²) in [5.41, 5.74) is 4.21. The summed E-state index contributed by atoms with van der Waals surface area (Å²) < 4.78 is 14.7. The van der Waals surface area contributed by atoms with Gasteiger partial charge >= 0.3 is 0 Å². The van der Waals surface area contributed by atoms with E-state index in [1.165, 1.54) is 24.3 Å². The van der Waals surface area contributed by atoms with Crippen molar-refractivity contribution in [2.45, 2.75) is 13.8 Å². The fourth-order valence-electron chi connectivity index (χ4n) is 2.98. The third-order valence-corrected chi connectivity index (χ3v) is 4.97. The van der Waals surface area contributed by atoms with Crippen LogP contribution in [0.1, 0.15) is 21.7 Å². The lowest BCUT2D eigenvalue weighted by Gasteiger charge is -2.08. The van der Waals surface area contributed by atoms with Crippen LogP contribution in [-0.4, -0.2) is 20.7 Å². The minimum Gasteiger partial charge on any atom is -0.319 e. The van der Waals surface area contributed by atoms with Crippen LogP contribution in [-0.2, 0) is 0 Å². The third-order valence-electron chi connectivity index (χ3n) is 4.73. The molecule has 0 atom stereocenters. The summed E-state index contributed by atoms with van der Waals surface area (Å²) in [4.78, 5) is 17.2. The maximum absolute atomic E-state index is 13.1. The Morgan fingerprint density at radius 2 is 1.77 bits per heavy atom. The Kier molecular flexibility index (Phi) is 5.33. The number of nitrogens with zero attached hydrogens (tertiary/aromatic N) is 3. The van der Waals surface area contributed by atoms with E-state index in [1.807, 2.05) is 44.2 Å². The summed E-state index contributed by atoms with van der Waals surface area (Å²) in [5.74, 6) is -0.390. The van der Waals surface area contributed by atoms with Gasteiger partial charge in [0.2, 0.25) is 5.82 Å². The number of nitrogens with one attached hydrogen (secondary N) is 1. The number of halogens is 2. The Balaban J connectivity index is 1.77. The van der Waals surface area contributed by atoms with E-state index in [0.717, 1.165) is 22.4 Å². The van der Waals surface area contributed by atoms with Gasteiger partial charge in [0, 0.05) is 16.3 Å². The largest absolute Gasteiger partial charge is 0.319 e. The number of benzene rings is 3. The highest BCUT2D eigenvalue weighted by Gasteiger charge is 2.19. The molecular weight excluding hydrogens is 403 g/mol. The Morgan fingerprint density at radius 1 is 1.00 bits per heavy atom. The summed E-state index contributed by atoms with van der Waals surface area (Å²) in [6.45, 7) is 4.04. The minimum atomic E-state index is -0.493. The first kappa shape index (κ1) is 19.8. The van der Waals surface area contributed by atoms with Gasteiger partial charge in [0.1, 0.15) is 5.82 Å². The van der Waals surface area contributed by atoms with Crippen LogP contribution in [0.15, 0.2) is 66.7 Å². The van der Waals surface area contributed by atoms with Gasteiger partial charge in [0.05, 0.1) is 5.69 Å². The number of hydrogen-bond donors (Lipinski definition) is 1. The number of carbonyl (C=O) groups excluding carboxylic acids is 1. The summed E-state index contributed by atoms with van der Waals surface area (Å²) in [5, 5.41) is 7.69. The quantitative estimate of drug-likeness (QED) is 0.467. The van der Waals surface area contributed by atoms with Gasteiger partial charge in [-0.25, -0.2) is 14.1 Å². The first-order chi connectivity index (χ1) is 14.4. The molecule has 0 aliphatic heterocycles. The van der Waals surface area contributed by atoms with E-state index in [-0.39, 0.29) is 11.6 Å². The Bertz CT molecular complexity index is 1230. The second-order valence-electron chi connectivity index (χ2n) is 6.91. The van der Waals surface area contributed by atoms with Crippen molar-refractivity contribution < 1.29 is 9.18 Å². The summed E-state index contributed by atoms with van der Waals surface area (Å²) in [6.07, 6.45) is 0. The van der Waals surface area contributed by atoms with Crippen LogP contribution in [0.4, 0.5) is 10.1 Å². The van der Waals surface area contributed by atoms with E-state index in [4.69, 9.17) is 11.6 Å². The lowest BCUT2D eigenvalue weighted by atomic mass is 10.1. The zero-order chi connectivity index (χ0) is 21.3. The van der Waals surface area contributed by atoms with Crippen molar-refractivity contribution in [2.75, 3.05) is 5.32 Å². The second kappa shape index (κ2) is 8.08. The highest BCUT2D eigenvalue weighted by Crippen LogP contribution is 2.25. The van der Waals surface area contributed by atoms with Crippen LogP contribution >= 0.6 is 11.6 Å². The molecule has 1 amide bonds. The normalized spacial score (nSPS) is 10.8. The molecule has 0 spiro atoms. The highest BCUT2D eigenvalue weighted by molar-refractivity contribution is 6.30. The number of amides is 1. The molecule has 0 aliphatic rings. The first-order valence-electron chi connectivity index (χ1n) is 9.28. The molecule has 4 aromatic rings. The molecule has 1 N–H and O–H groups in total. The molecule has 7 heteroatoms. The molecular formula is C23H18ClFN4O. The molecule has 0 saturated heterocycles. The molecule has 0 aliphatic carbocycles. The Labute approximate surface area is 178 Å². The van der Waals surface area contributed by atoms with Gasteiger partial charge in [0.15, 0.2) is 5.82 Å². The van der Waals surface area contributed by atoms with Crippen molar-refractivity contribution >= 4 is 23.2 Å². The topological polar surface area (TPSA) is 59.8 Å². The van der Waals surface area contributed by atoms with Crippen LogP contribution in [0.25, 0.3) is 17.1 Å². The molecule has 150 valence electrons. The van der Waals surface area contributed by atoms with E-state index in [0.29, 0.717) is 16.5 Å². The number of aryl methyl sites for hydroxylation is 2. The van der Waals surface area contributed by atoms with Crippen LogP contribution in [0.5, 0.6) is 0 Å². The zero-order valence-corrected chi connectivity index (χ0v) is 17.1. The van der Waals surface area contributed by atoms with Crippen molar-refractivity contribution in [2.24, 2.45) is 0 Å². The molecule has 0 radical (unpaired) electrons. The monoisotopic (exact) mass is 420 g/mol.